The Morgan fingerprint density at radius 1 is 0.536 bits per heavy atom. The number of nitrogens with zero attached hydrogens (tertiary/aromatic N) is 8. The molecule has 3 aliphatic heterocycles. The standard InChI is InChI=1S/C32H39BF2N4O6S.C26H27BrF2N4O4S/c1-30(2)31(3,4)45-33(44-30)23-8-6-22(7-9-23)20-46(41,42)38-14-12-37(13-15-38)27-19-36-39(26-17-24(34)16-25(35)18-26)29(40)28(27)43-21-32(5)10-11-32;1-26(6-7-26)17-37-24-23(15-30-33(25(24)34)22-13-20(28)12-21(29)14-22)31-8-10-32(11-9-31)38(35,36)16-18-2-4-19(27)5-3-18/h6-9,16-19H,10-15,20-21H2,1-5H3;2-5,12-15H,6-11,16-17H2,1H3. The largest absolute Gasteiger partial charge is 0.494 e. The van der Waals surface area contributed by atoms with Crippen LogP contribution in [-0.4, -0.2) is 129 Å². The van der Waals surface area contributed by atoms with Crippen LogP contribution in [0.15, 0.2) is 111 Å². The molecule has 4 aromatic carbocycles. The second-order valence-electron chi connectivity index (χ2n) is 23.8. The molecular formula is C58H66BBrF4N8O10S2. The predicted molar refractivity (Wildman–Crippen MR) is 314 cm³/mol. The summed E-state index contributed by atoms with van der Waals surface area (Å²) < 4.78 is 138. The summed E-state index contributed by atoms with van der Waals surface area (Å²) in [5.41, 5.74) is 0.592. The number of rotatable bonds is 17. The summed E-state index contributed by atoms with van der Waals surface area (Å²) in [5, 5.41) is 8.37. The van der Waals surface area contributed by atoms with Crippen LogP contribution in [0.4, 0.5) is 28.9 Å². The Balaban J connectivity index is 0.000000191. The normalized spacial score (nSPS) is 19.2. The lowest BCUT2D eigenvalue weighted by Crippen LogP contribution is -2.49. The van der Waals surface area contributed by atoms with E-state index in [4.69, 9.17) is 18.8 Å². The number of ether oxygens (including phenoxy) is 2. The molecule has 0 amide bonds. The number of aromatic nitrogens is 4. The quantitative estimate of drug-likeness (QED) is 0.0637. The average molecular weight is 1270 g/mol. The maximum atomic E-state index is 13.9. The Morgan fingerprint density at radius 2 is 0.881 bits per heavy atom. The maximum absolute atomic E-state index is 13.9. The van der Waals surface area contributed by atoms with Crippen molar-refractivity contribution in [3.8, 4) is 22.9 Å². The maximum Gasteiger partial charge on any atom is 0.494 e. The lowest BCUT2D eigenvalue weighted by molar-refractivity contribution is 0.00578. The molecule has 0 atom stereocenters. The highest BCUT2D eigenvalue weighted by molar-refractivity contribution is 9.10. The van der Waals surface area contributed by atoms with Crippen molar-refractivity contribution in [2.75, 3.05) is 75.4 Å². The van der Waals surface area contributed by atoms with Crippen molar-refractivity contribution in [3.63, 3.8) is 0 Å². The summed E-state index contributed by atoms with van der Waals surface area (Å²) >= 11 is 3.35. The second-order valence-corrected chi connectivity index (χ2v) is 28.7. The minimum atomic E-state index is -3.64. The number of piperazine rings is 2. The molecule has 18 nitrogen and oxygen atoms in total. The molecule has 448 valence electrons. The van der Waals surface area contributed by atoms with Gasteiger partial charge < -0.3 is 28.6 Å². The van der Waals surface area contributed by atoms with Crippen molar-refractivity contribution < 1.29 is 53.2 Å². The molecular weight excluding hydrogens is 1200 g/mol. The van der Waals surface area contributed by atoms with Crippen LogP contribution >= 0.6 is 15.9 Å². The number of hydrogen-bond acceptors (Lipinski definition) is 14. The van der Waals surface area contributed by atoms with E-state index < -0.39 is 72.8 Å². The summed E-state index contributed by atoms with van der Waals surface area (Å²) in [5.74, 6) is -3.54. The fourth-order valence-corrected chi connectivity index (χ4v) is 13.1. The van der Waals surface area contributed by atoms with E-state index in [1.54, 1.807) is 36.4 Å². The van der Waals surface area contributed by atoms with Crippen LogP contribution in [0.3, 0.4) is 0 Å². The van der Waals surface area contributed by atoms with Crippen molar-refractivity contribution in [2.24, 2.45) is 10.8 Å². The molecule has 84 heavy (non-hydrogen) atoms. The average Bonchev–Trinajstić information content (AvgIpc) is 1.93. The number of benzene rings is 4. The first-order valence-electron chi connectivity index (χ1n) is 27.7. The van der Waals surface area contributed by atoms with Gasteiger partial charge in [0.15, 0.2) is 0 Å². The molecule has 2 saturated carbocycles. The van der Waals surface area contributed by atoms with Gasteiger partial charge in [0.25, 0.3) is 0 Å². The third kappa shape index (κ3) is 13.9. The van der Waals surface area contributed by atoms with Gasteiger partial charge in [-0.25, -0.2) is 34.4 Å². The Morgan fingerprint density at radius 3 is 1.23 bits per heavy atom. The van der Waals surface area contributed by atoms with E-state index in [2.05, 4.69) is 40.0 Å². The van der Waals surface area contributed by atoms with Crippen molar-refractivity contribution in [1.82, 2.24) is 28.2 Å². The summed E-state index contributed by atoms with van der Waals surface area (Å²) in [6.45, 7) is 14.8. The summed E-state index contributed by atoms with van der Waals surface area (Å²) in [7, 11) is -7.71. The van der Waals surface area contributed by atoms with Gasteiger partial charge in [-0.3, -0.25) is 9.59 Å². The summed E-state index contributed by atoms with van der Waals surface area (Å²) in [4.78, 5) is 30.7. The van der Waals surface area contributed by atoms with Crippen molar-refractivity contribution in [2.45, 2.75) is 89.9 Å². The Labute approximate surface area is 494 Å². The molecule has 11 rings (SSSR count). The molecule has 2 aromatic heterocycles. The van der Waals surface area contributed by atoms with Crippen LogP contribution in [0.25, 0.3) is 11.4 Å². The third-order valence-electron chi connectivity index (χ3n) is 16.4. The van der Waals surface area contributed by atoms with E-state index in [0.29, 0.717) is 61.9 Å². The van der Waals surface area contributed by atoms with Gasteiger partial charge in [0.1, 0.15) is 34.6 Å². The molecule has 0 radical (unpaired) electrons. The number of anilines is 2. The zero-order valence-corrected chi connectivity index (χ0v) is 50.7. The first kappa shape index (κ1) is 60.9. The van der Waals surface area contributed by atoms with E-state index in [0.717, 1.165) is 81.4 Å². The van der Waals surface area contributed by atoms with E-state index in [-0.39, 0.29) is 71.4 Å². The molecule has 5 heterocycles. The first-order chi connectivity index (χ1) is 39.6. The molecule has 0 spiro atoms. The van der Waals surface area contributed by atoms with Gasteiger partial charge in [-0.2, -0.15) is 28.2 Å². The van der Waals surface area contributed by atoms with Gasteiger partial charge in [0.05, 0.1) is 59.7 Å². The molecule has 3 saturated heterocycles. The van der Waals surface area contributed by atoms with Crippen LogP contribution < -0.4 is 35.9 Å². The van der Waals surface area contributed by atoms with Crippen molar-refractivity contribution in [3.05, 3.63) is 157 Å². The zero-order valence-electron chi connectivity index (χ0n) is 47.5. The summed E-state index contributed by atoms with van der Waals surface area (Å²) in [6, 6.07) is 19.9. The van der Waals surface area contributed by atoms with Crippen LogP contribution in [0.1, 0.15) is 78.4 Å². The number of hydrogen-bond donors (Lipinski definition) is 0. The first-order valence-corrected chi connectivity index (χ1v) is 31.7. The molecule has 0 unspecified atom stereocenters. The highest BCUT2D eigenvalue weighted by atomic mass is 79.9. The van der Waals surface area contributed by atoms with Gasteiger partial charge in [0, 0.05) is 79.8 Å². The molecule has 5 fully saturated rings. The smallest absolute Gasteiger partial charge is 0.486 e. The van der Waals surface area contributed by atoms with Gasteiger partial charge in [-0.15, -0.1) is 0 Å². The minimum Gasteiger partial charge on any atom is -0.486 e. The topological polar surface area (TPSA) is 188 Å². The highest BCUT2D eigenvalue weighted by Crippen LogP contribution is 2.46. The van der Waals surface area contributed by atoms with Gasteiger partial charge in [-0.05, 0) is 106 Å². The molecule has 0 bridgehead atoms. The number of sulfonamides is 2. The Bertz CT molecular complexity index is 3730. The fourth-order valence-electron chi connectivity index (χ4n) is 9.83. The lowest BCUT2D eigenvalue weighted by atomic mass is 9.79. The SMILES string of the molecule is CC1(COc2c(N3CCN(S(=O)(=O)Cc4ccc(B5OC(C)(C)C(C)(C)O5)cc4)CC3)cnn(-c3cc(F)cc(F)c3)c2=O)CC1.CC1(COc2c(N3CCN(S(=O)(=O)Cc4ccc(Br)cc4)CC3)cnn(-c3cc(F)cc(F)c3)c2=O)CC1. The number of halogens is 5. The fraction of sp³-hybridized carbons (Fsp3) is 0.448. The monoisotopic (exact) mass is 1260 g/mol. The molecule has 6 aromatic rings. The minimum absolute atomic E-state index is 0.0196. The van der Waals surface area contributed by atoms with E-state index in [1.807, 2.05) is 49.6 Å². The predicted octanol–water partition coefficient (Wildman–Crippen LogP) is 7.74. The van der Waals surface area contributed by atoms with Gasteiger partial charge in [0.2, 0.25) is 31.5 Å². The second kappa shape index (κ2) is 23.6. The van der Waals surface area contributed by atoms with Gasteiger partial charge >= 0.3 is 18.2 Å². The third-order valence-corrected chi connectivity index (χ3v) is 20.6. The molecule has 2 aliphatic carbocycles. The van der Waals surface area contributed by atoms with Crippen LogP contribution in [-0.2, 0) is 40.9 Å². The highest BCUT2D eigenvalue weighted by Gasteiger charge is 2.52. The van der Waals surface area contributed by atoms with Crippen LogP contribution in [0.2, 0.25) is 0 Å². The van der Waals surface area contributed by atoms with Gasteiger partial charge in [-0.1, -0.05) is 66.2 Å². The molecule has 0 N–H and O–H groups in total. The summed E-state index contributed by atoms with van der Waals surface area (Å²) in [6.07, 6.45) is 6.75. The lowest BCUT2D eigenvalue weighted by Gasteiger charge is -2.35. The van der Waals surface area contributed by atoms with E-state index >= 15 is 0 Å². The Kier molecular flexibility index (Phi) is 17.1. The van der Waals surface area contributed by atoms with Crippen molar-refractivity contribution in [1.29, 1.82) is 0 Å². The van der Waals surface area contributed by atoms with Crippen LogP contribution in [0, 0.1) is 34.1 Å². The molecule has 5 aliphatic rings. The Hall–Kier alpha value is -6.16. The zero-order chi connectivity index (χ0) is 60.1. The molecule has 26 heteroatoms. The van der Waals surface area contributed by atoms with E-state index in [1.165, 1.54) is 21.0 Å². The van der Waals surface area contributed by atoms with E-state index in [9.17, 15) is 44.0 Å². The van der Waals surface area contributed by atoms with Crippen LogP contribution in [0.5, 0.6) is 11.5 Å². The van der Waals surface area contributed by atoms with Crippen molar-refractivity contribution >= 4 is 59.9 Å².